The van der Waals surface area contributed by atoms with E-state index >= 15 is 0 Å². The summed E-state index contributed by atoms with van der Waals surface area (Å²) in [6, 6.07) is 0. The highest BCUT2D eigenvalue weighted by Gasteiger charge is 2.18. The number of carbonyl (C=O) groups is 3. The first-order chi connectivity index (χ1) is 10.0. The Hall–Kier alpha value is -1.28. The predicted octanol–water partition coefficient (Wildman–Crippen LogP) is -0.400. The second-order valence-electron chi connectivity index (χ2n) is 4.54. The predicted molar refractivity (Wildman–Crippen MR) is 79.0 cm³/mol. The lowest BCUT2D eigenvalue weighted by atomic mass is 10.4. The van der Waals surface area contributed by atoms with Crippen molar-refractivity contribution in [2.75, 3.05) is 58.0 Å². The Morgan fingerprint density at radius 3 is 2.52 bits per heavy atom. The molecule has 0 aromatic rings. The van der Waals surface area contributed by atoms with Crippen LogP contribution in [-0.4, -0.2) is 85.6 Å². The molecule has 0 aliphatic carbocycles. The first kappa shape index (κ1) is 17.8. The molecular weight excluding hydrogens is 296 g/mol. The van der Waals surface area contributed by atoms with Gasteiger partial charge in [-0.1, -0.05) is 0 Å². The van der Waals surface area contributed by atoms with Crippen molar-refractivity contribution in [1.82, 2.24) is 9.80 Å². The van der Waals surface area contributed by atoms with Gasteiger partial charge in [0.15, 0.2) is 0 Å². The van der Waals surface area contributed by atoms with Crippen LogP contribution in [0.3, 0.4) is 0 Å². The van der Waals surface area contributed by atoms with E-state index in [1.54, 1.807) is 18.9 Å². The van der Waals surface area contributed by atoms with Crippen LogP contribution in [0.1, 0.15) is 6.92 Å². The number of hydrogen-bond acceptors (Lipinski definition) is 6. The number of hydrogen-bond donors (Lipinski definition) is 0. The van der Waals surface area contributed by atoms with Crippen LogP contribution < -0.4 is 0 Å². The van der Waals surface area contributed by atoms with Crippen molar-refractivity contribution in [3.8, 4) is 0 Å². The van der Waals surface area contributed by atoms with Gasteiger partial charge in [-0.3, -0.25) is 14.4 Å². The van der Waals surface area contributed by atoms with Crippen LogP contribution in [0.4, 0.5) is 0 Å². The third-order valence-electron chi connectivity index (χ3n) is 2.91. The number of ether oxygens (including phenoxy) is 2. The van der Waals surface area contributed by atoms with E-state index in [0.717, 1.165) is 0 Å². The first-order valence-corrected chi connectivity index (χ1v) is 8.03. The summed E-state index contributed by atoms with van der Waals surface area (Å²) in [7, 11) is 1.55. The van der Waals surface area contributed by atoms with Crippen LogP contribution in [0.15, 0.2) is 0 Å². The number of carbonyl (C=O) groups excluding carboxylic acids is 3. The van der Waals surface area contributed by atoms with Gasteiger partial charge >= 0.3 is 5.97 Å². The topological polar surface area (TPSA) is 76.2 Å². The fourth-order valence-electron chi connectivity index (χ4n) is 1.73. The molecule has 21 heavy (non-hydrogen) atoms. The Morgan fingerprint density at radius 1 is 1.24 bits per heavy atom. The van der Waals surface area contributed by atoms with Crippen molar-refractivity contribution >= 4 is 29.5 Å². The number of thioether (sulfide) groups is 1. The summed E-state index contributed by atoms with van der Waals surface area (Å²) in [5.41, 5.74) is 0. The van der Waals surface area contributed by atoms with Crippen LogP contribution in [0.5, 0.6) is 0 Å². The molecule has 0 unspecified atom stereocenters. The van der Waals surface area contributed by atoms with Crippen molar-refractivity contribution in [3.05, 3.63) is 0 Å². The zero-order chi connectivity index (χ0) is 15.7. The molecule has 0 atom stereocenters. The monoisotopic (exact) mass is 318 g/mol. The number of amides is 2. The van der Waals surface area contributed by atoms with Gasteiger partial charge in [0.05, 0.1) is 31.3 Å². The zero-order valence-electron chi connectivity index (χ0n) is 12.5. The van der Waals surface area contributed by atoms with Gasteiger partial charge in [0.1, 0.15) is 6.54 Å². The highest BCUT2D eigenvalue weighted by Crippen LogP contribution is 2.06. The fourth-order valence-corrected chi connectivity index (χ4v) is 2.58. The number of esters is 1. The van der Waals surface area contributed by atoms with Crippen LogP contribution in [0, 0.1) is 0 Å². The second kappa shape index (κ2) is 9.62. The van der Waals surface area contributed by atoms with Gasteiger partial charge in [-0.15, -0.1) is 11.8 Å². The third kappa shape index (κ3) is 6.81. The van der Waals surface area contributed by atoms with E-state index in [4.69, 9.17) is 9.47 Å². The highest BCUT2D eigenvalue weighted by atomic mass is 32.2. The van der Waals surface area contributed by atoms with Crippen molar-refractivity contribution < 1.29 is 23.9 Å². The maximum absolute atomic E-state index is 11.9. The summed E-state index contributed by atoms with van der Waals surface area (Å²) < 4.78 is 9.95. The van der Waals surface area contributed by atoms with E-state index in [1.165, 1.54) is 16.7 Å². The molecule has 1 aliphatic rings. The Kier molecular flexibility index (Phi) is 8.14. The van der Waals surface area contributed by atoms with Gasteiger partial charge in [0, 0.05) is 20.1 Å². The normalized spacial score (nSPS) is 14.7. The summed E-state index contributed by atoms with van der Waals surface area (Å²) in [5, 5.41) is 0. The van der Waals surface area contributed by atoms with Crippen LogP contribution in [0.2, 0.25) is 0 Å². The third-order valence-corrected chi connectivity index (χ3v) is 3.81. The lowest BCUT2D eigenvalue weighted by Crippen LogP contribution is -2.41. The van der Waals surface area contributed by atoms with Crippen molar-refractivity contribution in [1.29, 1.82) is 0 Å². The molecule has 0 N–H and O–H groups in total. The second-order valence-corrected chi connectivity index (χ2v) is 5.53. The highest BCUT2D eigenvalue weighted by molar-refractivity contribution is 8.00. The number of nitrogens with zero attached hydrogens (tertiary/aromatic N) is 2. The van der Waals surface area contributed by atoms with E-state index in [1.807, 2.05) is 0 Å². The van der Waals surface area contributed by atoms with Gasteiger partial charge in [0.25, 0.3) is 0 Å². The Balaban J connectivity index is 2.19. The van der Waals surface area contributed by atoms with Crippen LogP contribution in [-0.2, 0) is 23.9 Å². The molecule has 1 heterocycles. The summed E-state index contributed by atoms with van der Waals surface area (Å²) in [6.07, 6.45) is 0. The lowest BCUT2D eigenvalue weighted by molar-refractivity contribution is -0.147. The quantitative estimate of drug-likeness (QED) is 0.595. The van der Waals surface area contributed by atoms with E-state index in [0.29, 0.717) is 32.9 Å². The average Bonchev–Trinajstić information content (AvgIpc) is 2.48. The molecule has 1 rings (SSSR count). The Labute approximate surface area is 128 Å². The maximum atomic E-state index is 11.9. The summed E-state index contributed by atoms with van der Waals surface area (Å²) >= 11 is 1.26. The van der Waals surface area contributed by atoms with Crippen molar-refractivity contribution in [3.63, 3.8) is 0 Å². The smallest absolute Gasteiger partial charge is 0.325 e. The minimum Gasteiger partial charge on any atom is -0.465 e. The SMILES string of the molecule is CCOC(=O)CN(C)C(=O)CSCC(=O)N1CCOCC1. The molecule has 0 bridgehead atoms. The number of rotatable bonds is 7. The summed E-state index contributed by atoms with van der Waals surface area (Å²) in [5.74, 6) is -0.167. The molecule has 7 nitrogen and oxygen atoms in total. The Bertz CT molecular complexity index is 372. The van der Waals surface area contributed by atoms with E-state index < -0.39 is 5.97 Å². The molecule has 2 amide bonds. The van der Waals surface area contributed by atoms with Gasteiger partial charge in [-0.2, -0.15) is 0 Å². The molecule has 8 heteroatoms. The molecule has 1 aliphatic heterocycles. The standard InChI is InChI=1S/C13H22N2O5S/c1-3-20-13(18)8-14(2)11(16)9-21-10-12(17)15-4-6-19-7-5-15/h3-10H2,1-2H3. The van der Waals surface area contributed by atoms with Crippen molar-refractivity contribution in [2.45, 2.75) is 6.92 Å². The van der Waals surface area contributed by atoms with Gasteiger partial charge < -0.3 is 19.3 Å². The van der Waals surface area contributed by atoms with Crippen LogP contribution in [0.25, 0.3) is 0 Å². The Morgan fingerprint density at radius 2 is 1.90 bits per heavy atom. The van der Waals surface area contributed by atoms with Gasteiger partial charge in [-0.25, -0.2) is 0 Å². The molecule has 0 aromatic heterocycles. The summed E-state index contributed by atoms with van der Waals surface area (Å²) in [4.78, 5) is 38.0. The van der Waals surface area contributed by atoms with Gasteiger partial charge in [0.2, 0.25) is 11.8 Å². The van der Waals surface area contributed by atoms with Crippen molar-refractivity contribution in [2.24, 2.45) is 0 Å². The van der Waals surface area contributed by atoms with Crippen LogP contribution >= 0.6 is 11.8 Å². The maximum Gasteiger partial charge on any atom is 0.325 e. The van der Waals surface area contributed by atoms with Gasteiger partial charge in [-0.05, 0) is 6.92 Å². The summed E-state index contributed by atoms with van der Waals surface area (Å²) in [6.45, 7) is 4.29. The van der Waals surface area contributed by atoms with E-state index in [2.05, 4.69) is 0 Å². The lowest BCUT2D eigenvalue weighted by Gasteiger charge is -2.26. The minimum absolute atomic E-state index is 0.0177. The molecule has 0 saturated carbocycles. The average molecular weight is 318 g/mol. The molecule has 0 aromatic carbocycles. The van der Waals surface area contributed by atoms with E-state index in [9.17, 15) is 14.4 Å². The fraction of sp³-hybridized carbons (Fsp3) is 0.769. The molecule has 0 spiro atoms. The molecule has 1 saturated heterocycles. The first-order valence-electron chi connectivity index (χ1n) is 6.87. The number of likely N-dealkylation sites (N-methyl/N-ethyl adjacent to an activating group) is 1. The molecular formula is C13H22N2O5S. The number of morpholine rings is 1. The molecule has 0 radical (unpaired) electrons. The molecule has 1 fully saturated rings. The largest absolute Gasteiger partial charge is 0.465 e. The van der Waals surface area contributed by atoms with E-state index in [-0.39, 0.29) is 29.9 Å². The zero-order valence-corrected chi connectivity index (χ0v) is 13.3. The molecule has 120 valence electrons. The minimum atomic E-state index is -0.428.